The van der Waals surface area contributed by atoms with Crippen LogP contribution in [0.25, 0.3) is 17.2 Å². The molecule has 0 aliphatic heterocycles. The molecule has 0 bridgehead atoms. The van der Waals surface area contributed by atoms with Gasteiger partial charge in [-0.2, -0.15) is 0 Å². The molecule has 4 nitrogen and oxygen atoms in total. The van der Waals surface area contributed by atoms with Crippen molar-refractivity contribution in [2.24, 2.45) is 0 Å². The number of fused-ring (bicyclic) bond motifs is 3. The Morgan fingerprint density at radius 1 is 0.967 bits per heavy atom. The number of rotatable bonds is 6. The summed E-state index contributed by atoms with van der Waals surface area (Å²) in [6.07, 6.45) is 4.01. The summed E-state index contributed by atoms with van der Waals surface area (Å²) in [5.41, 5.74) is 7.27. The average Bonchev–Trinajstić information content (AvgIpc) is 3.10. The van der Waals surface area contributed by atoms with E-state index in [9.17, 15) is 9.59 Å². The van der Waals surface area contributed by atoms with Gasteiger partial charge in [-0.25, -0.2) is 4.79 Å². The van der Waals surface area contributed by atoms with Crippen molar-refractivity contribution < 1.29 is 14.3 Å². The lowest BCUT2D eigenvalue weighted by molar-refractivity contribution is 0.112. The zero-order valence-electron chi connectivity index (χ0n) is 16.8. The molecular weight excluding hydrogens is 374 g/mol. The molecule has 1 amide bonds. The Hall–Kier alpha value is -3.66. The van der Waals surface area contributed by atoms with Gasteiger partial charge < -0.3 is 10.1 Å². The zero-order valence-corrected chi connectivity index (χ0v) is 16.8. The van der Waals surface area contributed by atoms with Crippen LogP contribution in [-0.4, -0.2) is 25.5 Å². The first-order valence-electron chi connectivity index (χ1n) is 9.98. The van der Waals surface area contributed by atoms with Crippen molar-refractivity contribution in [3.63, 3.8) is 0 Å². The molecule has 0 radical (unpaired) electrons. The van der Waals surface area contributed by atoms with Gasteiger partial charge in [0.2, 0.25) is 0 Å². The zero-order chi connectivity index (χ0) is 20.9. The number of aryl methyl sites for hydroxylation is 1. The van der Waals surface area contributed by atoms with Crippen molar-refractivity contribution in [1.82, 2.24) is 5.32 Å². The third-order valence-corrected chi connectivity index (χ3v) is 5.37. The second kappa shape index (κ2) is 8.78. The predicted octanol–water partition coefficient (Wildman–Crippen LogP) is 5.36. The lowest BCUT2D eigenvalue weighted by Gasteiger charge is -2.14. The van der Waals surface area contributed by atoms with Gasteiger partial charge in [0, 0.05) is 18.0 Å². The van der Waals surface area contributed by atoms with E-state index in [0.29, 0.717) is 12.1 Å². The van der Waals surface area contributed by atoms with Crippen LogP contribution in [0, 0.1) is 6.92 Å². The molecule has 0 aromatic heterocycles. The molecule has 150 valence electrons. The van der Waals surface area contributed by atoms with Crippen LogP contribution >= 0.6 is 0 Å². The smallest absolute Gasteiger partial charge is 0.407 e. The van der Waals surface area contributed by atoms with Crippen molar-refractivity contribution in [2.75, 3.05) is 13.2 Å². The van der Waals surface area contributed by atoms with Gasteiger partial charge in [-0.1, -0.05) is 78.4 Å². The Kier molecular flexibility index (Phi) is 5.75. The summed E-state index contributed by atoms with van der Waals surface area (Å²) in [6.45, 7) is 2.55. The number of benzene rings is 3. The van der Waals surface area contributed by atoms with Crippen LogP contribution in [0.5, 0.6) is 0 Å². The van der Waals surface area contributed by atoms with Gasteiger partial charge in [0.15, 0.2) is 6.29 Å². The molecule has 0 saturated heterocycles. The first-order valence-corrected chi connectivity index (χ1v) is 9.98. The van der Waals surface area contributed by atoms with E-state index in [1.807, 2.05) is 55.5 Å². The summed E-state index contributed by atoms with van der Waals surface area (Å²) < 4.78 is 5.51. The minimum atomic E-state index is -0.457. The molecule has 3 aromatic carbocycles. The molecule has 0 unspecified atom stereocenters. The largest absolute Gasteiger partial charge is 0.449 e. The summed E-state index contributed by atoms with van der Waals surface area (Å²) >= 11 is 0. The highest BCUT2D eigenvalue weighted by atomic mass is 16.5. The summed E-state index contributed by atoms with van der Waals surface area (Å²) in [4.78, 5) is 23.4. The van der Waals surface area contributed by atoms with Crippen molar-refractivity contribution in [3.05, 3.63) is 101 Å². The molecule has 1 N–H and O–H groups in total. The van der Waals surface area contributed by atoms with E-state index in [-0.39, 0.29) is 12.5 Å². The van der Waals surface area contributed by atoms with E-state index in [2.05, 4.69) is 29.6 Å². The first-order chi connectivity index (χ1) is 14.7. The number of hydrogen-bond donors (Lipinski definition) is 1. The number of amides is 1. The highest BCUT2D eigenvalue weighted by molar-refractivity contribution is 5.82. The molecule has 0 spiro atoms. The molecule has 3 aromatic rings. The van der Waals surface area contributed by atoms with Crippen molar-refractivity contribution in [3.8, 4) is 11.1 Å². The Morgan fingerprint density at radius 3 is 2.30 bits per heavy atom. The molecule has 1 aliphatic carbocycles. The Labute approximate surface area is 176 Å². The number of aldehydes is 1. The van der Waals surface area contributed by atoms with Crippen LogP contribution in [0.1, 0.15) is 38.5 Å². The number of carbonyl (C=O) groups is 2. The van der Waals surface area contributed by atoms with Crippen LogP contribution in [-0.2, 0) is 4.74 Å². The third kappa shape index (κ3) is 4.03. The first kappa shape index (κ1) is 19.6. The second-order valence-electron chi connectivity index (χ2n) is 7.36. The highest BCUT2D eigenvalue weighted by Gasteiger charge is 2.28. The maximum absolute atomic E-state index is 12.2. The fourth-order valence-electron chi connectivity index (χ4n) is 3.93. The molecule has 0 fully saturated rings. The van der Waals surface area contributed by atoms with Crippen molar-refractivity contribution in [2.45, 2.75) is 12.8 Å². The van der Waals surface area contributed by atoms with Gasteiger partial charge in [-0.3, -0.25) is 4.79 Å². The van der Waals surface area contributed by atoms with Gasteiger partial charge in [0.05, 0.1) is 0 Å². The van der Waals surface area contributed by atoms with E-state index < -0.39 is 6.09 Å². The minimum Gasteiger partial charge on any atom is -0.449 e. The van der Waals surface area contributed by atoms with Gasteiger partial charge in [0.1, 0.15) is 6.61 Å². The SMILES string of the molecule is Cc1ccc(C=CCNC(=O)OCC2c3ccccc3-c3ccccc32)c(C=O)c1. The molecule has 0 heterocycles. The third-order valence-electron chi connectivity index (χ3n) is 5.37. The normalized spacial score (nSPS) is 12.4. The fraction of sp³-hybridized carbons (Fsp3) is 0.154. The quantitative estimate of drug-likeness (QED) is 0.570. The number of alkyl carbamates (subject to hydrolysis) is 1. The Bertz CT molecular complexity index is 1070. The molecular formula is C26H23NO3. The number of hydrogen-bond acceptors (Lipinski definition) is 3. The van der Waals surface area contributed by atoms with Gasteiger partial charge in [-0.15, -0.1) is 0 Å². The Morgan fingerprint density at radius 2 is 1.63 bits per heavy atom. The number of ether oxygens (including phenoxy) is 1. The number of nitrogens with one attached hydrogen (secondary N) is 1. The van der Waals surface area contributed by atoms with E-state index in [1.54, 1.807) is 6.08 Å². The van der Waals surface area contributed by atoms with Crippen LogP contribution in [0.15, 0.2) is 72.8 Å². The molecule has 4 heteroatoms. The van der Waals surface area contributed by atoms with E-state index in [1.165, 1.54) is 22.3 Å². The van der Waals surface area contributed by atoms with Gasteiger partial charge in [-0.05, 0) is 40.8 Å². The predicted molar refractivity (Wildman–Crippen MR) is 119 cm³/mol. The lowest BCUT2D eigenvalue weighted by atomic mass is 9.98. The summed E-state index contributed by atoms with van der Waals surface area (Å²) in [6, 6.07) is 22.2. The maximum Gasteiger partial charge on any atom is 0.407 e. The summed E-state index contributed by atoms with van der Waals surface area (Å²) in [7, 11) is 0. The van der Waals surface area contributed by atoms with Crippen LogP contribution in [0.4, 0.5) is 4.79 Å². The van der Waals surface area contributed by atoms with Gasteiger partial charge in [0.25, 0.3) is 0 Å². The lowest BCUT2D eigenvalue weighted by Crippen LogP contribution is -2.26. The van der Waals surface area contributed by atoms with Crippen molar-refractivity contribution >= 4 is 18.5 Å². The molecule has 0 saturated carbocycles. The van der Waals surface area contributed by atoms with Crippen LogP contribution < -0.4 is 5.32 Å². The number of carbonyl (C=O) groups excluding carboxylic acids is 2. The standard InChI is InChI=1S/C26H23NO3/c1-18-12-13-19(20(15-18)16-28)7-6-14-27-26(29)30-17-25-23-10-4-2-8-21(23)22-9-3-5-11-24(22)25/h2-13,15-16,25H,14,17H2,1H3,(H,27,29). The monoisotopic (exact) mass is 397 g/mol. The van der Waals surface area contributed by atoms with E-state index >= 15 is 0 Å². The molecule has 0 atom stereocenters. The fourth-order valence-corrected chi connectivity index (χ4v) is 3.93. The maximum atomic E-state index is 12.2. The summed E-state index contributed by atoms with van der Waals surface area (Å²) in [5.74, 6) is 0.0430. The minimum absolute atomic E-state index is 0.0430. The summed E-state index contributed by atoms with van der Waals surface area (Å²) in [5, 5.41) is 2.74. The van der Waals surface area contributed by atoms with Crippen molar-refractivity contribution in [1.29, 1.82) is 0 Å². The average molecular weight is 397 g/mol. The van der Waals surface area contributed by atoms with Crippen LogP contribution in [0.2, 0.25) is 0 Å². The van der Waals surface area contributed by atoms with E-state index in [4.69, 9.17) is 4.74 Å². The second-order valence-corrected chi connectivity index (χ2v) is 7.36. The molecule has 4 rings (SSSR count). The van der Waals surface area contributed by atoms with E-state index in [0.717, 1.165) is 17.4 Å². The Balaban J connectivity index is 1.34. The molecule has 1 aliphatic rings. The topological polar surface area (TPSA) is 55.4 Å². The van der Waals surface area contributed by atoms with Gasteiger partial charge >= 0.3 is 6.09 Å². The molecule has 30 heavy (non-hydrogen) atoms. The highest BCUT2D eigenvalue weighted by Crippen LogP contribution is 2.44. The van der Waals surface area contributed by atoms with Crippen LogP contribution in [0.3, 0.4) is 0 Å².